The van der Waals surface area contributed by atoms with Gasteiger partial charge in [0, 0.05) is 18.5 Å². The zero-order valence-corrected chi connectivity index (χ0v) is 14.0. The minimum Gasteiger partial charge on any atom is -0.373 e. The standard InChI is InChI=1S/C18H30N2O/c1-5-19-17(16-10-9-15(4)20-13-16)18(21-6-2)11-7-8-14(3)12-18/h9-10,13-14,17,19H,5-8,11-12H2,1-4H3. The van der Waals surface area contributed by atoms with E-state index in [4.69, 9.17) is 4.74 Å². The number of hydrogen-bond acceptors (Lipinski definition) is 3. The fourth-order valence-corrected chi connectivity index (χ4v) is 3.77. The lowest BCUT2D eigenvalue weighted by Gasteiger charge is -2.45. The maximum Gasteiger partial charge on any atom is 0.0879 e. The van der Waals surface area contributed by atoms with Crippen LogP contribution in [0, 0.1) is 12.8 Å². The molecule has 1 fully saturated rings. The molecule has 1 aliphatic rings. The molecule has 1 aliphatic carbocycles. The highest BCUT2D eigenvalue weighted by molar-refractivity contribution is 5.21. The maximum atomic E-state index is 6.35. The third-order valence-electron chi connectivity index (χ3n) is 4.62. The second kappa shape index (κ2) is 7.37. The van der Waals surface area contributed by atoms with Crippen molar-refractivity contribution in [3.8, 4) is 0 Å². The summed E-state index contributed by atoms with van der Waals surface area (Å²) in [5, 5.41) is 3.67. The van der Waals surface area contributed by atoms with Gasteiger partial charge >= 0.3 is 0 Å². The SMILES string of the molecule is CCNC(c1ccc(C)nc1)C1(OCC)CCCC(C)C1. The number of nitrogens with one attached hydrogen (secondary N) is 1. The molecular formula is C18H30N2O. The zero-order valence-electron chi connectivity index (χ0n) is 14.0. The van der Waals surface area contributed by atoms with Gasteiger partial charge in [-0.25, -0.2) is 0 Å². The van der Waals surface area contributed by atoms with Crippen LogP contribution in [-0.2, 0) is 4.74 Å². The van der Waals surface area contributed by atoms with Crippen molar-refractivity contribution >= 4 is 0 Å². The summed E-state index contributed by atoms with van der Waals surface area (Å²) in [5.41, 5.74) is 2.24. The van der Waals surface area contributed by atoms with Crippen LogP contribution in [0.25, 0.3) is 0 Å². The van der Waals surface area contributed by atoms with E-state index in [-0.39, 0.29) is 11.6 Å². The van der Waals surface area contributed by atoms with Crippen LogP contribution in [0.15, 0.2) is 18.3 Å². The van der Waals surface area contributed by atoms with E-state index in [1.807, 2.05) is 13.1 Å². The van der Waals surface area contributed by atoms with Crippen molar-refractivity contribution in [3.05, 3.63) is 29.6 Å². The molecule has 1 N–H and O–H groups in total. The molecule has 0 aromatic carbocycles. The van der Waals surface area contributed by atoms with Crippen molar-refractivity contribution in [1.29, 1.82) is 0 Å². The number of likely N-dealkylation sites (N-methyl/N-ethyl adjacent to an activating group) is 1. The third-order valence-corrected chi connectivity index (χ3v) is 4.62. The predicted octanol–water partition coefficient (Wildman–Crippen LogP) is 4.03. The van der Waals surface area contributed by atoms with Gasteiger partial charge in [0.25, 0.3) is 0 Å². The van der Waals surface area contributed by atoms with Gasteiger partial charge in [-0.05, 0) is 50.8 Å². The summed E-state index contributed by atoms with van der Waals surface area (Å²) in [6.07, 6.45) is 6.86. The third kappa shape index (κ3) is 3.83. The maximum absolute atomic E-state index is 6.35. The molecule has 21 heavy (non-hydrogen) atoms. The Labute approximate surface area is 129 Å². The molecule has 1 saturated carbocycles. The minimum absolute atomic E-state index is 0.0840. The molecule has 0 bridgehead atoms. The Morgan fingerprint density at radius 1 is 1.43 bits per heavy atom. The highest BCUT2D eigenvalue weighted by atomic mass is 16.5. The van der Waals surface area contributed by atoms with Gasteiger partial charge in [0.05, 0.1) is 11.6 Å². The summed E-state index contributed by atoms with van der Waals surface area (Å²) in [6.45, 7) is 10.4. The number of hydrogen-bond donors (Lipinski definition) is 1. The average Bonchev–Trinajstić information content (AvgIpc) is 2.46. The van der Waals surface area contributed by atoms with Crippen molar-refractivity contribution in [2.75, 3.05) is 13.2 Å². The van der Waals surface area contributed by atoms with E-state index in [0.717, 1.165) is 37.6 Å². The van der Waals surface area contributed by atoms with Crippen molar-refractivity contribution in [2.45, 2.75) is 65.0 Å². The molecular weight excluding hydrogens is 260 g/mol. The van der Waals surface area contributed by atoms with Gasteiger partial charge in [-0.1, -0.05) is 32.8 Å². The molecule has 118 valence electrons. The van der Waals surface area contributed by atoms with Gasteiger partial charge < -0.3 is 10.1 Å². The lowest BCUT2D eigenvalue weighted by Crippen LogP contribution is -2.49. The van der Waals surface area contributed by atoms with Crippen LogP contribution in [0.4, 0.5) is 0 Å². The van der Waals surface area contributed by atoms with E-state index in [0.29, 0.717) is 0 Å². The van der Waals surface area contributed by atoms with Gasteiger partial charge in [0.1, 0.15) is 0 Å². The lowest BCUT2D eigenvalue weighted by atomic mass is 9.73. The van der Waals surface area contributed by atoms with Crippen LogP contribution in [-0.4, -0.2) is 23.7 Å². The molecule has 0 saturated heterocycles. The molecule has 3 nitrogen and oxygen atoms in total. The summed E-state index contributed by atoms with van der Waals surface area (Å²) >= 11 is 0. The first-order chi connectivity index (χ1) is 10.1. The quantitative estimate of drug-likeness (QED) is 0.859. The number of nitrogens with zero attached hydrogens (tertiary/aromatic N) is 1. The monoisotopic (exact) mass is 290 g/mol. The highest BCUT2D eigenvalue weighted by Gasteiger charge is 2.43. The molecule has 0 aliphatic heterocycles. The molecule has 1 aromatic rings. The highest BCUT2D eigenvalue weighted by Crippen LogP contribution is 2.43. The van der Waals surface area contributed by atoms with E-state index in [1.165, 1.54) is 18.4 Å². The molecule has 0 spiro atoms. The Balaban J connectivity index is 2.33. The Morgan fingerprint density at radius 2 is 2.24 bits per heavy atom. The lowest BCUT2D eigenvalue weighted by molar-refractivity contribution is -0.101. The molecule has 1 heterocycles. The van der Waals surface area contributed by atoms with Crippen LogP contribution in [0.5, 0.6) is 0 Å². The van der Waals surface area contributed by atoms with Gasteiger partial charge in [-0.3, -0.25) is 4.98 Å². The van der Waals surface area contributed by atoms with Crippen molar-refractivity contribution in [3.63, 3.8) is 0 Å². The largest absolute Gasteiger partial charge is 0.373 e. The fourth-order valence-electron chi connectivity index (χ4n) is 3.77. The first-order valence-electron chi connectivity index (χ1n) is 8.41. The molecule has 3 unspecified atom stereocenters. The molecule has 3 heteroatoms. The Kier molecular flexibility index (Phi) is 5.77. The molecule has 1 aromatic heterocycles. The number of pyridine rings is 1. The number of ether oxygens (including phenoxy) is 1. The van der Waals surface area contributed by atoms with E-state index in [1.54, 1.807) is 0 Å². The summed E-state index contributed by atoms with van der Waals surface area (Å²) in [6, 6.07) is 4.54. The van der Waals surface area contributed by atoms with Gasteiger partial charge in [0.15, 0.2) is 0 Å². The molecule has 0 radical (unpaired) electrons. The van der Waals surface area contributed by atoms with Crippen molar-refractivity contribution in [2.24, 2.45) is 5.92 Å². The van der Waals surface area contributed by atoms with Crippen LogP contribution in [0.1, 0.15) is 63.8 Å². The second-order valence-electron chi connectivity index (χ2n) is 6.42. The number of aryl methyl sites for hydroxylation is 1. The second-order valence-corrected chi connectivity index (χ2v) is 6.42. The average molecular weight is 290 g/mol. The van der Waals surface area contributed by atoms with Crippen LogP contribution >= 0.6 is 0 Å². The number of rotatable bonds is 6. The first kappa shape index (κ1) is 16.4. The predicted molar refractivity (Wildman–Crippen MR) is 87.4 cm³/mol. The van der Waals surface area contributed by atoms with Crippen LogP contribution in [0.3, 0.4) is 0 Å². The summed E-state index contributed by atoms with van der Waals surface area (Å²) in [5.74, 6) is 0.727. The number of aromatic nitrogens is 1. The minimum atomic E-state index is -0.0840. The summed E-state index contributed by atoms with van der Waals surface area (Å²) < 4.78 is 6.35. The van der Waals surface area contributed by atoms with Gasteiger partial charge in [0.2, 0.25) is 0 Å². The van der Waals surface area contributed by atoms with Crippen molar-refractivity contribution < 1.29 is 4.74 Å². The van der Waals surface area contributed by atoms with Gasteiger partial charge in [-0.2, -0.15) is 0 Å². The molecule has 2 rings (SSSR count). The topological polar surface area (TPSA) is 34.2 Å². The summed E-state index contributed by atoms with van der Waals surface area (Å²) in [7, 11) is 0. The van der Waals surface area contributed by atoms with E-state index in [2.05, 4.69) is 43.2 Å². The van der Waals surface area contributed by atoms with Crippen LogP contribution < -0.4 is 5.32 Å². The molecule has 3 atom stereocenters. The van der Waals surface area contributed by atoms with Crippen LogP contribution in [0.2, 0.25) is 0 Å². The smallest absolute Gasteiger partial charge is 0.0879 e. The fraction of sp³-hybridized carbons (Fsp3) is 0.722. The first-order valence-corrected chi connectivity index (χ1v) is 8.41. The van der Waals surface area contributed by atoms with Gasteiger partial charge in [-0.15, -0.1) is 0 Å². The van der Waals surface area contributed by atoms with E-state index >= 15 is 0 Å². The zero-order chi connectivity index (χ0) is 15.3. The Hall–Kier alpha value is -0.930. The molecule has 0 amide bonds. The van der Waals surface area contributed by atoms with E-state index in [9.17, 15) is 0 Å². The van der Waals surface area contributed by atoms with E-state index < -0.39 is 0 Å². The normalized spacial score (nSPS) is 27.5. The Bertz CT molecular complexity index is 427. The summed E-state index contributed by atoms with van der Waals surface area (Å²) in [4.78, 5) is 4.49. The van der Waals surface area contributed by atoms with Crippen molar-refractivity contribution in [1.82, 2.24) is 10.3 Å². The Morgan fingerprint density at radius 3 is 2.81 bits per heavy atom.